The van der Waals surface area contributed by atoms with E-state index >= 15 is 0 Å². The van der Waals surface area contributed by atoms with Gasteiger partial charge in [-0.2, -0.15) is 0 Å². The van der Waals surface area contributed by atoms with Gasteiger partial charge in [-0.05, 0) is 37.4 Å². The van der Waals surface area contributed by atoms with Gasteiger partial charge in [0.05, 0.1) is 0 Å². The number of nitrogens with one attached hydrogen (secondary N) is 1. The van der Waals surface area contributed by atoms with Crippen molar-refractivity contribution >= 4 is 29.3 Å². The monoisotopic (exact) mass is 356 g/mol. The fourth-order valence-electron chi connectivity index (χ4n) is 2.52. The van der Waals surface area contributed by atoms with Crippen molar-refractivity contribution in [1.82, 2.24) is 10.2 Å². The van der Waals surface area contributed by atoms with Crippen LogP contribution < -0.4 is 10.1 Å². The average Bonchev–Trinajstić information content (AvgIpc) is 2.88. The van der Waals surface area contributed by atoms with Crippen LogP contribution in [-0.4, -0.2) is 22.5 Å². The van der Waals surface area contributed by atoms with E-state index in [4.69, 9.17) is 17.0 Å². The minimum atomic E-state index is -0.310. The van der Waals surface area contributed by atoms with Crippen LogP contribution in [0.3, 0.4) is 0 Å². The summed E-state index contributed by atoms with van der Waals surface area (Å²) in [6, 6.07) is 13.8. The molecule has 1 amide bonds. The van der Waals surface area contributed by atoms with E-state index in [0.717, 1.165) is 5.56 Å². The highest BCUT2D eigenvalue weighted by Crippen LogP contribution is 2.24. The third-order valence-electron chi connectivity index (χ3n) is 3.84. The Morgan fingerprint density at radius 1 is 1.20 bits per heavy atom. The highest BCUT2D eigenvalue weighted by atomic mass is 32.1. The van der Waals surface area contributed by atoms with E-state index in [-0.39, 0.29) is 18.3 Å². The van der Waals surface area contributed by atoms with Crippen LogP contribution in [0.15, 0.2) is 54.2 Å². The molecule has 2 aromatic rings. The number of hydrogen-bond donors (Lipinski definition) is 1. The first-order valence-electron chi connectivity index (χ1n) is 7.90. The van der Waals surface area contributed by atoms with Gasteiger partial charge in [-0.3, -0.25) is 9.69 Å². The van der Waals surface area contributed by atoms with E-state index in [1.54, 1.807) is 30.3 Å². The van der Waals surface area contributed by atoms with Gasteiger partial charge in [0.2, 0.25) is 0 Å². The van der Waals surface area contributed by atoms with Gasteiger partial charge in [0.1, 0.15) is 23.9 Å². The molecule has 0 atom stereocenters. The van der Waals surface area contributed by atoms with Gasteiger partial charge in [-0.1, -0.05) is 36.4 Å². The molecule has 0 aliphatic carbocycles. The van der Waals surface area contributed by atoms with Gasteiger partial charge in [0.25, 0.3) is 5.91 Å². The molecule has 1 saturated heterocycles. The Morgan fingerprint density at radius 3 is 2.64 bits per heavy atom. The second-order valence-corrected chi connectivity index (χ2v) is 5.84. The first kappa shape index (κ1) is 17.1. The number of ether oxygens (including phenoxy) is 1. The summed E-state index contributed by atoms with van der Waals surface area (Å²) in [6.07, 6.45) is 1.70. The molecule has 2 aromatic carbocycles. The van der Waals surface area contributed by atoms with E-state index in [9.17, 15) is 9.18 Å². The maximum atomic E-state index is 13.7. The summed E-state index contributed by atoms with van der Waals surface area (Å²) >= 11 is 5.15. The third-order valence-corrected chi connectivity index (χ3v) is 4.16. The van der Waals surface area contributed by atoms with Gasteiger partial charge in [-0.15, -0.1) is 0 Å². The molecule has 1 aliphatic rings. The molecule has 0 saturated carbocycles. The van der Waals surface area contributed by atoms with Gasteiger partial charge in [-0.25, -0.2) is 4.39 Å². The molecule has 1 heterocycles. The summed E-state index contributed by atoms with van der Waals surface area (Å²) in [6.45, 7) is 2.47. The number of thiocarbonyl (C=S) groups is 1. The van der Waals surface area contributed by atoms with E-state index in [1.807, 2.05) is 25.1 Å². The summed E-state index contributed by atoms with van der Waals surface area (Å²) in [5.41, 5.74) is 1.59. The zero-order chi connectivity index (χ0) is 17.8. The van der Waals surface area contributed by atoms with Crippen molar-refractivity contribution in [2.45, 2.75) is 13.5 Å². The zero-order valence-electron chi connectivity index (χ0n) is 13.7. The van der Waals surface area contributed by atoms with E-state index in [2.05, 4.69) is 5.32 Å². The Kier molecular flexibility index (Phi) is 5.09. The van der Waals surface area contributed by atoms with Crippen molar-refractivity contribution in [3.05, 3.63) is 71.2 Å². The molecule has 128 valence electrons. The highest BCUT2D eigenvalue weighted by Gasteiger charge is 2.29. The number of halogens is 1. The number of para-hydroxylation sites is 1. The Morgan fingerprint density at radius 2 is 1.92 bits per heavy atom. The average molecular weight is 356 g/mol. The number of hydrogen-bond acceptors (Lipinski definition) is 3. The minimum Gasteiger partial charge on any atom is -0.488 e. The standard InChI is InChI=1S/C19H17FN2O2S/c1-2-22-18(23)16(21-19(22)25)11-13-7-4-6-10-17(13)24-12-14-8-3-5-9-15(14)20/h3-11H,2,12H2,1H3,(H,21,25). The molecule has 4 nitrogen and oxygen atoms in total. The van der Waals surface area contributed by atoms with Crippen molar-refractivity contribution in [2.75, 3.05) is 6.54 Å². The molecule has 0 unspecified atom stereocenters. The molecule has 1 fully saturated rings. The van der Waals surface area contributed by atoms with Gasteiger partial charge in [0.15, 0.2) is 5.11 Å². The number of nitrogens with zero attached hydrogens (tertiary/aromatic N) is 1. The number of carbonyl (C=O) groups is 1. The van der Waals surface area contributed by atoms with Crippen LogP contribution in [-0.2, 0) is 11.4 Å². The van der Waals surface area contributed by atoms with Crippen LogP contribution in [0, 0.1) is 5.82 Å². The largest absolute Gasteiger partial charge is 0.488 e. The van der Waals surface area contributed by atoms with Crippen LogP contribution in [0.2, 0.25) is 0 Å². The lowest BCUT2D eigenvalue weighted by atomic mass is 10.1. The molecule has 1 N–H and O–H groups in total. The lowest BCUT2D eigenvalue weighted by Crippen LogP contribution is -2.30. The number of rotatable bonds is 5. The van der Waals surface area contributed by atoms with Crippen molar-refractivity contribution in [3.63, 3.8) is 0 Å². The Bertz CT molecular complexity index is 851. The van der Waals surface area contributed by atoms with Gasteiger partial charge in [0, 0.05) is 17.7 Å². The Balaban J connectivity index is 1.82. The normalized spacial score (nSPS) is 15.6. The number of benzene rings is 2. The van der Waals surface area contributed by atoms with E-state index < -0.39 is 0 Å². The van der Waals surface area contributed by atoms with Crippen LogP contribution in [0.4, 0.5) is 4.39 Å². The fourth-order valence-corrected chi connectivity index (χ4v) is 2.84. The fraction of sp³-hybridized carbons (Fsp3) is 0.158. The topological polar surface area (TPSA) is 41.6 Å². The summed E-state index contributed by atoms with van der Waals surface area (Å²) in [5, 5.41) is 3.31. The van der Waals surface area contributed by atoms with Gasteiger partial charge < -0.3 is 10.1 Å². The van der Waals surface area contributed by atoms with E-state index in [0.29, 0.717) is 28.7 Å². The molecule has 0 radical (unpaired) electrons. The predicted octanol–water partition coefficient (Wildman–Crippen LogP) is 3.48. The number of carbonyl (C=O) groups excluding carboxylic acids is 1. The Hall–Kier alpha value is -2.73. The van der Waals surface area contributed by atoms with Crippen molar-refractivity contribution in [1.29, 1.82) is 0 Å². The molecular weight excluding hydrogens is 339 g/mol. The molecule has 0 bridgehead atoms. The first-order valence-corrected chi connectivity index (χ1v) is 8.30. The maximum Gasteiger partial charge on any atom is 0.276 e. The lowest BCUT2D eigenvalue weighted by Gasteiger charge is -2.10. The smallest absolute Gasteiger partial charge is 0.276 e. The lowest BCUT2D eigenvalue weighted by molar-refractivity contribution is -0.122. The summed E-state index contributed by atoms with van der Waals surface area (Å²) in [4.78, 5) is 13.8. The summed E-state index contributed by atoms with van der Waals surface area (Å²) in [7, 11) is 0. The third kappa shape index (κ3) is 3.69. The molecule has 0 spiro atoms. The van der Waals surface area contributed by atoms with Crippen LogP contribution in [0.1, 0.15) is 18.1 Å². The summed E-state index contributed by atoms with van der Waals surface area (Å²) in [5.74, 6) is 0.0834. The minimum absolute atomic E-state index is 0.105. The molecule has 0 aromatic heterocycles. The van der Waals surface area contributed by atoms with Gasteiger partial charge >= 0.3 is 0 Å². The van der Waals surface area contributed by atoms with Crippen LogP contribution in [0.25, 0.3) is 6.08 Å². The van der Waals surface area contributed by atoms with Crippen LogP contribution >= 0.6 is 12.2 Å². The van der Waals surface area contributed by atoms with Crippen LogP contribution in [0.5, 0.6) is 5.75 Å². The molecule has 25 heavy (non-hydrogen) atoms. The van der Waals surface area contributed by atoms with Crippen molar-refractivity contribution in [3.8, 4) is 5.75 Å². The summed E-state index contributed by atoms with van der Waals surface area (Å²) < 4.78 is 19.5. The van der Waals surface area contributed by atoms with Crippen molar-refractivity contribution in [2.24, 2.45) is 0 Å². The molecule has 3 rings (SSSR count). The second-order valence-electron chi connectivity index (χ2n) is 5.46. The second kappa shape index (κ2) is 7.44. The van der Waals surface area contributed by atoms with E-state index in [1.165, 1.54) is 11.0 Å². The zero-order valence-corrected chi connectivity index (χ0v) is 14.5. The first-order chi connectivity index (χ1) is 12.1. The Labute approximate surface area is 150 Å². The molecule has 6 heteroatoms. The molecule has 1 aliphatic heterocycles. The number of amides is 1. The van der Waals surface area contributed by atoms with Crippen molar-refractivity contribution < 1.29 is 13.9 Å². The predicted molar refractivity (Wildman–Crippen MR) is 98.3 cm³/mol. The maximum absolute atomic E-state index is 13.7. The molecular formula is C19H17FN2O2S. The highest BCUT2D eigenvalue weighted by molar-refractivity contribution is 7.80. The quantitative estimate of drug-likeness (QED) is 0.658. The number of likely N-dealkylation sites (N-methyl/N-ethyl adjacent to an activating group) is 1. The SMILES string of the molecule is CCN1C(=O)C(=Cc2ccccc2OCc2ccccc2F)NC1=S.